The molecule has 1 aromatic rings. The number of rotatable bonds is 4. The fourth-order valence-corrected chi connectivity index (χ4v) is 0.936. The van der Waals surface area contributed by atoms with Crippen molar-refractivity contribution in [3.05, 3.63) is 18.1 Å². The van der Waals surface area contributed by atoms with Crippen LogP contribution in [0.4, 0.5) is 5.82 Å². The molecule has 1 unspecified atom stereocenters. The Balaban J connectivity index is 2.90. The third-order valence-electron chi connectivity index (χ3n) is 1.90. The van der Waals surface area contributed by atoms with E-state index in [0.717, 1.165) is 6.42 Å². The Morgan fingerprint density at radius 1 is 1.57 bits per heavy atom. The van der Waals surface area contributed by atoms with Crippen molar-refractivity contribution in [2.75, 3.05) is 5.32 Å². The largest absolute Gasteiger partial charge is 0.476 e. The lowest BCUT2D eigenvalue weighted by Gasteiger charge is -2.12. The van der Waals surface area contributed by atoms with Gasteiger partial charge >= 0.3 is 5.97 Å². The maximum atomic E-state index is 10.7. The molecule has 76 valence electrons. The summed E-state index contributed by atoms with van der Waals surface area (Å²) in [6.07, 6.45) is 3.73. The molecule has 0 radical (unpaired) electrons. The molecule has 5 nitrogen and oxygen atoms in total. The number of aromatic nitrogens is 2. The van der Waals surface area contributed by atoms with E-state index < -0.39 is 5.97 Å². The molecule has 1 aromatic heterocycles. The Labute approximate surface area is 82.2 Å². The molecule has 0 saturated heterocycles. The first-order valence-electron chi connectivity index (χ1n) is 4.46. The predicted molar refractivity (Wildman–Crippen MR) is 52.4 cm³/mol. The van der Waals surface area contributed by atoms with Crippen molar-refractivity contribution in [1.82, 2.24) is 9.97 Å². The van der Waals surface area contributed by atoms with Crippen molar-refractivity contribution in [2.24, 2.45) is 0 Å². The lowest BCUT2D eigenvalue weighted by molar-refractivity contribution is 0.0691. The highest BCUT2D eigenvalue weighted by molar-refractivity contribution is 5.90. The van der Waals surface area contributed by atoms with E-state index in [4.69, 9.17) is 5.11 Å². The average Bonchev–Trinajstić information content (AvgIpc) is 2.18. The Kier molecular flexibility index (Phi) is 3.39. The van der Waals surface area contributed by atoms with Crippen LogP contribution in [0, 0.1) is 0 Å². The molecule has 0 aliphatic rings. The second kappa shape index (κ2) is 4.55. The highest BCUT2D eigenvalue weighted by Gasteiger charge is 2.13. The Hall–Kier alpha value is -1.65. The Morgan fingerprint density at radius 2 is 2.21 bits per heavy atom. The highest BCUT2D eigenvalue weighted by Crippen LogP contribution is 2.10. The molecule has 0 fully saturated rings. The molecular formula is C9H13N3O2. The van der Waals surface area contributed by atoms with Gasteiger partial charge in [-0.2, -0.15) is 0 Å². The summed E-state index contributed by atoms with van der Waals surface area (Å²) < 4.78 is 0. The summed E-state index contributed by atoms with van der Waals surface area (Å²) in [7, 11) is 0. The molecule has 0 amide bonds. The van der Waals surface area contributed by atoms with Crippen molar-refractivity contribution < 1.29 is 9.90 Å². The summed E-state index contributed by atoms with van der Waals surface area (Å²) in [5.74, 6) is -0.738. The minimum Gasteiger partial charge on any atom is -0.476 e. The normalized spacial score (nSPS) is 12.1. The lowest BCUT2D eigenvalue weighted by atomic mass is 10.2. The quantitative estimate of drug-likeness (QED) is 0.759. The molecule has 0 aliphatic heterocycles. The average molecular weight is 195 g/mol. The van der Waals surface area contributed by atoms with E-state index in [0.29, 0.717) is 5.82 Å². The van der Waals surface area contributed by atoms with Crippen LogP contribution in [-0.4, -0.2) is 27.1 Å². The number of hydrogen-bond donors (Lipinski definition) is 2. The number of carbonyl (C=O) groups is 1. The van der Waals surface area contributed by atoms with Crippen LogP contribution in [0.2, 0.25) is 0 Å². The fraction of sp³-hybridized carbons (Fsp3) is 0.444. The second-order valence-electron chi connectivity index (χ2n) is 3.01. The standard InChI is InChI=1S/C9H13N3O2/c1-3-6(2)12-8-7(9(13)14)10-4-5-11-8/h4-6H,3H2,1-2H3,(H,11,12)(H,13,14). The van der Waals surface area contributed by atoms with Gasteiger partial charge in [-0.25, -0.2) is 14.8 Å². The Morgan fingerprint density at radius 3 is 2.79 bits per heavy atom. The molecular weight excluding hydrogens is 182 g/mol. The summed E-state index contributed by atoms with van der Waals surface area (Å²) in [5.41, 5.74) is -0.0344. The molecule has 2 N–H and O–H groups in total. The minimum atomic E-state index is -1.07. The van der Waals surface area contributed by atoms with Crippen molar-refractivity contribution in [3.8, 4) is 0 Å². The van der Waals surface area contributed by atoms with Crippen LogP contribution in [0.15, 0.2) is 12.4 Å². The van der Waals surface area contributed by atoms with E-state index in [1.54, 1.807) is 0 Å². The van der Waals surface area contributed by atoms with E-state index in [2.05, 4.69) is 15.3 Å². The van der Waals surface area contributed by atoms with Gasteiger partial charge in [-0.15, -0.1) is 0 Å². The van der Waals surface area contributed by atoms with Gasteiger partial charge in [-0.05, 0) is 13.3 Å². The van der Waals surface area contributed by atoms with Crippen molar-refractivity contribution in [1.29, 1.82) is 0 Å². The van der Waals surface area contributed by atoms with Gasteiger partial charge in [0.25, 0.3) is 0 Å². The first-order chi connectivity index (χ1) is 6.65. The third kappa shape index (κ3) is 2.42. The summed E-state index contributed by atoms with van der Waals surface area (Å²) in [5, 5.41) is 11.8. The summed E-state index contributed by atoms with van der Waals surface area (Å²) in [6, 6.07) is 0.185. The zero-order valence-corrected chi connectivity index (χ0v) is 8.19. The number of anilines is 1. The molecule has 0 bridgehead atoms. The highest BCUT2D eigenvalue weighted by atomic mass is 16.4. The summed E-state index contributed by atoms with van der Waals surface area (Å²) in [6.45, 7) is 3.97. The molecule has 1 rings (SSSR count). The Bertz CT molecular complexity index is 328. The molecule has 0 saturated carbocycles. The van der Waals surface area contributed by atoms with E-state index in [9.17, 15) is 4.79 Å². The minimum absolute atomic E-state index is 0.0344. The van der Waals surface area contributed by atoms with Gasteiger partial charge in [0.1, 0.15) is 0 Å². The van der Waals surface area contributed by atoms with Crippen LogP contribution in [0.1, 0.15) is 30.8 Å². The smallest absolute Gasteiger partial charge is 0.358 e. The van der Waals surface area contributed by atoms with Gasteiger partial charge in [-0.1, -0.05) is 6.92 Å². The zero-order chi connectivity index (χ0) is 10.6. The van der Waals surface area contributed by atoms with Crippen LogP contribution in [0.25, 0.3) is 0 Å². The van der Waals surface area contributed by atoms with Gasteiger partial charge < -0.3 is 10.4 Å². The van der Waals surface area contributed by atoms with Crippen LogP contribution in [0.3, 0.4) is 0 Å². The van der Waals surface area contributed by atoms with E-state index in [1.807, 2.05) is 13.8 Å². The number of nitrogens with zero attached hydrogens (tertiary/aromatic N) is 2. The zero-order valence-electron chi connectivity index (χ0n) is 8.19. The molecule has 0 aromatic carbocycles. The van der Waals surface area contributed by atoms with E-state index in [1.165, 1.54) is 12.4 Å². The topological polar surface area (TPSA) is 75.1 Å². The van der Waals surface area contributed by atoms with Gasteiger partial charge in [0.15, 0.2) is 11.5 Å². The summed E-state index contributed by atoms with van der Waals surface area (Å²) >= 11 is 0. The second-order valence-corrected chi connectivity index (χ2v) is 3.01. The van der Waals surface area contributed by atoms with Crippen molar-refractivity contribution in [3.63, 3.8) is 0 Å². The van der Waals surface area contributed by atoms with Crippen LogP contribution >= 0.6 is 0 Å². The molecule has 14 heavy (non-hydrogen) atoms. The van der Waals surface area contributed by atoms with Crippen LogP contribution < -0.4 is 5.32 Å². The van der Waals surface area contributed by atoms with Crippen molar-refractivity contribution in [2.45, 2.75) is 26.3 Å². The molecule has 5 heteroatoms. The van der Waals surface area contributed by atoms with Crippen LogP contribution in [0.5, 0.6) is 0 Å². The monoisotopic (exact) mass is 195 g/mol. The fourth-order valence-electron chi connectivity index (χ4n) is 0.936. The number of nitrogens with one attached hydrogen (secondary N) is 1. The van der Waals surface area contributed by atoms with Gasteiger partial charge in [0, 0.05) is 18.4 Å². The number of aromatic carboxylic acids is 1. The first kappa shape index (κ1) is 10.4. The van der Waals surface area contributed by atoms with Gasteiger partial charge in [0.2, 0.25) is 0 Å². The molecule has 1 heterocycles. The maximum absolute atomic E-state index is 10.7. The predicted octanol–water partition coefficient (Wildman–Crippen LogP) is 1.39. The summed E-state index contributed by atoms with van der Waals surface area (Å²) in [4.78, 5) is 18.4. The number of carboxylic acid groups (broad SMARTS) is 1. The van der Waals surface area contributed by atoms with Gasteiger partial charge in [0.05, 0.1) is 0 Å². The van der Waals surface area contributed by atoms with Crippen molar-refractivity contribution >= 4 is 11.8 Å². The molecule has 0 spiro atoms. The molecule has 0 aliphatic carbocycles. The van der Waals surface area contributed by atoms with Crippen LogP contribution in [-0.2, 0) is 0 Å². The van der Waals surface area contributed by atoms with E-state index in [-0.39, 0.29) is 11.7 Å². The lowest BCUT2D eigenvalue weighted by Crippen LogP contribution is -2.18. The van der Waals surface area contributed by atoms with E-state index >= 15 is 0 Å². The van der Waals surface area contributed by atoms with Gasteiger partial charge in [-0.3, -0.25) is 0 Å². The maximum Gasteiger partial charge on any atom is 0.358 e. The molecule has 1 atom stereocenters. The first-order valence-corrected chi connectivity index (χ1v) is 4.46. The number of hydrogen-bond acceptors (Lipinski definition) is 4. The third-order valence-corrected chi connectivity index (χ3v) is 1.90. The SMILES string of the molecule is CCC(C)Nc1nccnc1C(=O)O. The number of carboxylic acids is 1.